The first-order valence-electron chi connectivity index (χ1n) is 22.1. The van der Waals surface area contributed by atoms with Crippen LogP contribution in [-0.2, 0) is 46.4 Å². The minimum Gasteiger partial charge on any atom is -0.459 e. The van der Waals surface area contributed by atoms with Crippen molar-refractivity contribution >= 4 is 17.7 Å². The molecule has 0 bridgehead atoms. The number of unbranched alkanes of at least 4 members (excludes halogenated alkanes) is 3. The molecule has 2 aliphatic heterocycles. The molecule has 16 heteroatoms. The van der Waals surface area contributed by atoms with Gasteiger partial charge in [-0.2, -0.15) is 0 Å². The average Bonchev–Trinajstić information content (AvgIpc) is 3.72. The summed E-state index contributed by atoms with van der Waals surface area (Å²) >= 11 is 0. The third-order valence-corrected chi connectivity index (χ3v) is 13.2. The summed E-state index contributed by atoms with van der Waals surface area (Å²) in [6.45, 7) is 15.0. The summed E-state index contributed by atoms with van der Waals surface area (Å²) < 4.78 is 27.0. The Morgan fingerprint density at radius 3 is 2.33 bits per heavy atom. The van der Waals surface area contributed by atoms with Gasteiger partial charge in [-0.05, 0) is 72.4 Å². The zero-order valence-electron chi connectivity index (χ0n) is 38.0. The Kier molecular flexibility index (Phi) is 18.4. The Balaban J connectivity index is 1.46. The highest BCUT2D eigenvalue weighted by atomic mass is 16.7. The number of hydrogen-bond donors (Lipinski definition) is 5. The van der Waals surface area contributed by atoms with Crippen LogP contribution in [0.1, 0.15) is 119 Å². The number of aryl methyl sites for hydroxylation is 1. The zero-order valence-corrected chi connectivity index (χ0v) is 38.0. The van der Waals surface area contributed by atoms with Crippen LogP contribution < -0.4 is 5.48 Å². The maximum absolute atomic E-state index is 13.9. The maximum Gasteiger partial charge on any atom is 0.311 e. The Morgan fingerprint density at radius 1 is 1.02 bits per heavy atom. The van der Waals surface area contributed by atoms with Gasteiger partial charge >= 0.3 is 5.97 Å². The second kappa shape index (κ2) is 22.3. The summed E-state index contributed by atoms with van der Waals surface area (Å²) in [6, 6.07) is 8.34. The van der Waals surface area contributed by atoms with Crippen LogP contribution in [0.5, 0.6) is 0 Å². The number of Topliss-reactive ketones (excluding diaryl/α,β-unsaturated/α-hetero) is 1. The Hall–Kier alpha value is -3.35. The van der Waals surface area contributed by atoms with Crippen molar-refractivity contribution in [3.05, 3.63) is 36.0 Å². The van der Waals surface area contributed by atoms with Crippen LogP contribution in [0.4, 0.5) is 0 Å². The van der Waals surface area contributed by atoms with Crippen molar-refractivity contribution < 1.29 is 53.9 Å². The lowest BCUT2D eigenvalue weighted by atomic mass is 9.74. The van der Waals surface area contributed by atoms with Crippen molar-refractivity contribution in [1.82, 2.24) is 25.4 Å². The van der Waals surface area contributed by atoms with Crippen LogP contribution in [0.2, 0.25) is 0 Å². The summed E-state index contributed by atoms with van der Waals surface area (Å²) in [4.78, 5) is 40.9. The summed E-state index contributed by atoms with van der Waals surface area (Å²) in [5.74, 6) is -4.73. The number of hydroxylamine groups is 1. The fraction of sp³-hybridized carbons (Fsp3) is 0.756. The van der Waals surface area contributed by atoms with E-state index in [2.05, 4.69) is 34.4 Å². The lowest BCUT2D eigenvalue weighted by Crippen LogP contribution is -2.58. The second-order valence-corrected chi connectivity index (χ2v) is 18.2. The third kappa shape index (κ3) is 12.9. The molecule has 13 atom stereocenters. The number of cyclic esters (lactones) is 1. The van der Waals surface area contributed by atoms with Gasteiger partial charge in [0, 0.05) is 62.4 Å². The van der Waals surface area contributed by atoms with E-state index in [9.17, 15) is 29.7 Å². The highest BCUT2D eigenvalue weighted by Crippen LogP contribution is 2.39. The average molecular weight is 860 g/mol. The fourth-order valence-corrected chi connectivity index (χ4v) is 9.18. The Labute approximate surface area is 361 Å². The number of nitrogens with one attached hydrogen (secondary N) is 1. The molecule has 1 aromatic carbocycles. The Morgan fingerprint density at radius 2 is 1.69 bits per heavy atom. The van der Waals surface area contributed by atoms with E-state index in [4.69, 9.17) is 24.2 Å². The van der Waals surface area contributed by atoms with E-state index >= 15 is 0 Å². The minimum absolute atomic E-state index is 0.0724. The van der Waals surface area contributed by atoms with E-state index < -0.39 is 71.5 Å². The molecule has 0 saturated carbocycles. The maximum atomic E-state index is 13.9. The van der Waals surface area contributed by atoms with Crippen LogP contribution in [0.3, 0.4) is 0 Å². The van der Waals surface area contributed by atoms with Gasteiger partial charge in [-0.25, -0.2) is 5.48 Å². The van der Waals surface area contributed by atoms with E-state index in [0.29, 0.717) is 19.4 Å². The minimum atomic E-state index is -1.92. The van der Waals surface area contributed by atoms with Gasteiger partial charge in [-0.15, -0.1) is 5.10 Å². The first kappa shape index (κ1) is 50.3. The van der Waals surface area contributed by atoms with Gasteiger partial charge < -0.3 is 34.3 Å². The van der Waals surface area contributed by atoms with Crippen LogP contribution in [-0.4, -0.2) is 126 Å². The highest BCUT2D eigenvalue weighted by Gasteiger charge is 2.51. The van der Waals surface area contributed by atoms with E-state index in [0.717, 1.165) is 55.5 Å². The molecule has 1 aromatic heterocycles. The topological polar surface area (TPSA) is 215 Å². The van der Waals surface area contributed by atoms with E-state index in [1.54, 1.807) is 40.1 Å². The molecule has 16 nitrogen and oxygen atoms in total. The van der Waals surface area contributed by atoms with Crippen molar-refractivity contribution in [3.8, 4) is 11.3 Å². The van der Waals surface area contributed by atoms with Gasteiger partial charge in [0.1, 0.15) is 23.2 Å². The highest BCUT2D eigenvalue weighted by molar-refractivity contribution is 5.83. The lowest BCUT2D eigenvalue weighted by molar-refractivity contribution is -0.271. The molecule has 2 fully saturated rings. The number of aliphatic hydroxyl groups excluding tert-OH is 2. The molecule has 1 amide bonds. The summed E-state index contributed by atoms with van der Waals surface area (Å²) in [5, 5.41) is 51.8. The van der Waals surface area contributed by atoms with Gasteiger partial charge in [-0.1, -0.05) is 70.0 Å². The number of benzene rings is 1. The molecule has 2 aromatic rings. The third-order valence-electron chi connectivity index (χ3n) is 13.2. The predicted octanol–water partition coefficient (Wildman–Crippen LogP) is 4.83. The van der Waals surface area contributed by atoms with Gasteiger partial charge in [0.05, 0.1) is 42.1 Å². The number of carbonyl (C=O) groups is 3. The largest absolute Gasteiger partial charge is 0.459 e. The van der Waals surface area contributed by atoms with Crippen LogP contribution >= 0.6 is 0 Å². The number of nitrogens with zero attached hydrogens (tertiary/aromatic N) is 4. The number of amides is 1. The molecule has 5 N–H and O–H groups in total. The van der Waals surface area contributed by atoms with E-state index in [-0.39, 0.29) is 36.7 Å². The molecule has 4 rings (SSSR count). The van der Waals surface area contributed by atoms with Crippen LogP contribution in [0.25, 0.3) is 11.3 Å². The number of methoxy groups -OCH3 is 1. The second-order valence-electron chi connectivity index (χ2n) is 18.2. The van der Waals surface area contributed by atoms with Gasteiger partial charge in [0.2, 0.25) is 5.91 Å². The molecule has 2 aliphatic rings. The normalized spacial score (nSPS) is 34.5. The number of rotatable bonds is 15. The van der Waals surface area contributed by atoms with Gasteiger partial charge in [0.25, 0.3) is 0 Å². The summed E-state index contributed by atoms with van der Waals surface area (Å²) in [7, 11) is 3.61. The molecule has 61 heavy (non-hydrogen) atoms. The van der Waals surface area contributed by atoms with Gasteiger partial charge in [0.15, 0.2) is 6.29 Å². The van der Waals surface area contributed by atoms with Crippen LogP contribution in [0.15, 0.2) is 30.5 Å². The van der Waals surface area contributed by atoms with Crippen LogP contribution in [0, 0.1) is 23.7 Å². The zero-order chi connectivity index (χ0) is 45.2. The van der Waals surface area contributed by atoms with E-state index in [1.165, 1.54) is 14.0 Å². The monoisotopic (exact) mass is 860 g/mol. The molecule has 2 unspecified atom stereocenters. The van der Waals surface area contributed by atoms with Gasteiger partial charge in [-0.3, -0.25) is 29.2 Å². The SMILES string of the molecule is CCC1OC(=O)[C@H](C)[C@H](O)[C@H](C)[C@@H](OC2C[C@@H](N(C)Cc3ccc(-c4cn(CCCCCCC(=O)NO)nn4)cc3)C[C@@H](C)O2)[C@@](C)(OC)C[C@@H](C)C(=O)[C@H](C)[C@@H](O)[C@]1(C)O. The number of esters is 1. The first-order chi connectivity index (χ1) is 28.8. The molecule has 0 spiro atoms. The number of carbonyl (C=O) groups excluding carboxylic acids is 3. The summed E-state index contributed by atoms with van der Waals surface area (Å²) in [5.41, 5.74) is 1.45. The number of aliphatic hydroxyl groups is 3. The van der Waals surface area contributed by atoms with Crippen molar-refractivity contribution in [1.29, 1.82) is 0 Å². The number of ether oxygens (including phenoxy) is 4. The quantitative estimate of drug-likeness (QED) is 0.0703. The van der Waals surface area contributed by atoms with E-state index in [1.807, 2.05) is 36.9 Å². The molecule has 3 heterocycles. The molecule has 2 saturated heterocycles. The van der Waals surface area contributed by atoms with Crippen molar-refractivity contribution in [2.75, 3.05) is 14.2 Å². The fourth-order valence-electron chi connectivity index (χ4n) is 9.18. The molecular weight excluding hydrogens is 787 g/mol. The molecule has 0 radical (unpaired) electrons. The number of hydrogen-bond acceptors (Lipinski definition) is 14. The smallest absolute Gasteiger partial charge is 0.311 e. The molecule has 344 valence electrons. The summed E-state index contributed by atoms with van der Waals surface area (Å²) in [6.07, 6.45) is 1.74. The molecule has 0 aliphatic carbocycles. The van der Waals surface area contributed by atoms with Crippen molar-refractivity contribution in [3.63, 3.8) is 0 Å². The van der Waals surface area contributed by atoms with Crippen molar-refractivity contribution in [2.45, 2.75) is 180 Å². The number of aromatic nitrogens is 3. The Bertz CT molecular complexity index is 1710. The standard InChI is InChI=1S/C45H73N5O11/c1-11-36-45(8,56)41(54)29(4)39(52)27(2)24-44(7,58-10)42(30(5)40(53)31(6)43(55)60-36)61-38-23-34(22-28(3)59-38)49(9)25-32-17-19-33(20-18-32)35-26-50(48-46-35)21-15-13-12-14-16-37(51)47-57/h17-20,26-31,34,36,38,40-42,53-54,56-57H,11-16,21-25H2,1-10H3,(H,47,51)/t27-,28-,29+,30+,31-,34+,36?,38?,40-,41-,42-,44+,45-/m1/s1. The molecular formula is C45H73N5O11. The van der Waals surface area contributed by atoms with Crippen molar-refractivity contribution in [2.24, 2.45) is 23.7 Å². The first-order valence-corrected chi connectivity index (χ1v) is 22.1. The lowest BCUT2D eigenvalue weighted by Gasteiger charge is -2.47. The predicted molar refractivity (Wildman–Crippen MR) is 227 cm³/mol. The number of ketones is 1.